The molecule has 0 radical (unpaired) electrons. The predicted molar refractivity (Wildman–Crippen MR) is 71.2 cm³/mol. The highest BCUT2D eigenvalue weighted by atomic mass is 16.1. The summed E-state index contributed by atoms with van der Waals surface area (Å²) in [7, 11) is 0. The maximum Gasteiger partial charge on any atom is 0.226 e. The summed E-state index contributed by atoms with van der Waals surface area (Å²) < 4.78 is 0. The van der Waals surface area contributed by atoms with Crippen molar-refractivity contribution in [2.75, 3.05) is 10.6 Å². The second kappa shape index (κ2) is 5.21. The monoisotopic (exact) mass is 232 g/mol. The lowest BCUT2D eigenvalue weighted by Gasteiger charge is -2.27. The van der Waals surface area contributed by atoms with E-state index >= 15 is 0 Å². The van der Waals surface area contributed by atoms with Gasteiger partial charge in [-0.3, -0.25) is 4.79 Å². The minimum absolute atomic E-state index is 0.0165. The molecule has 1 fully saturated rings. The SMILES string of the molecule is CC(C)C(=O)Nc1ccc(NC2CCC2)cc1. The quantitative estimate of drug-likeness (QED) is 0.836. The van der Waals surface area contributed by atoms with Gasteiger partial charge in [-0.25, -0.2) is 0 Å². The molecule has 0 saturated heterocycles. The maximum absolute atomic E-state index is 11.5. The summed E-state index contributed by atoms with van der Waals surface area (Å²) in [5.74, 6) is 0.0764. The minimum Gasteiger partial charge on any atom is -0.382 e. The molecule has 1 aromatic carbocycles. The molecule has 92 valence electrons. The zero-order valence-corrected chi connectivity index (χ0v) is 10.5. The number of anilines is 2. The van der Waals surface area contributed by atoms with Crippen molar-refractivity contribution in [1.82, 2.24) is 0 Å². The Morgan fingerprint density at radius 1 is 1.18 bits per heavy atom. The highest BCUT2D eigenvalue weighted by molar-refractivity contribution is 5.92. The van der Waals surface area contributed by atoms with Gasteiger partial charge in [0.2, 0.25) is 5.91 Å². The summed E-state index contributed by atoms with van der Waals surface area (Å²) in [4.78, 5) is 11.5. The average molecular weight is 232 g/mol. The summed E-state index contributed by atoms with van der Waals surface area (Å²) in [5.41, 5.74) is 2.00. The molecule has 0 unspecified atom stereocenters. The van der Waals surface area contributed by atoms with Gasteiger partial charge in [0.05, 0.1) is 0 Å². The van der Waals surface area contributed by atoms with Crippen molar-refractivity contribution in [3.63, 3.8) is 0 Å². The first-order valence-corrected chi connectivity index (χ1v) is 6.32. The lowest BCUT2D eigenvalue weighted by atomic mass is 9.93. The van der Waals surface area contributed by atoms with E-state index in [0.717, 1.165) is 11.4 Å². The molecule has 0 aromatic heterocycles. The number of hydrogen-bond donors (Lipinski definition) is 2. The Morgan fingerprint density at radius 3 is 2.24 bits per heavy atom. The normalized spacial score (nSPS) is 15.5. The molecule has 17 heavy (non-hydrogen) atoms. The number of carbonyl (C=O) groups is 1. The Morgan fingerprint density at radius 2 is 1.76 bits per heavy atom. The minimum atomic E-state index is 0.0165. The fraction of sp³-hybridized carbons (Fsp3) is 0.500. The Bertz CT molecular complexity index is 380. The van der Waals surface area contributed by atoms with Crippen LogP contribution in [0.1, 0.15) is 33.1 Å². The maximum atomic E-state index is 11.5. The molecule has 3 nitrogen and oxygen atoms in total. The van der Waals surface area contributed by atoms with Crippen molar-refractivity contribution in [3.8, 4) is 0 Å². The summed E-state index contributed by atoms with van der Waals surface area (Å²) in [6.07, 6.45) is 3.87. The number of rotatable bonds is 4. The number of carbonyl (C=O) groups excluding carboxylic acids is 1. The molecule has 2 rings (SSSR count). The van der Waals surface area contributed by atoms with Gasteiger partial charge in [-0.1, -0.05) is 13.8 Å². The smallest absolute Gasteiger partial charge is 0.226 e. The van der Waals surface area contributed by atoms with Crippen LogP contribution in [0.2, 0.25) is 0 Å². The van der Waals surface area contributed by atoms with Crippen molar-refractivity contribution in [2.45, 2.75) is 39.2 Å². The van der Waals surface area contributed by atoms with E-state index < -0.39 is 0 Å². The zero-order valence-electron chi connectivity index (χ0n) is 10.5. The summed E-state index contributed by atoms with van der Waals surface area (Å²) in [6.45, 7) is 3.78. The Labute approximate surface area is 103 Å². The highest BCUT2D eigenvalue weighted by Crippen LogP contribution is 2.24. The topological polar surface area (TPSA) is 41.1 Å². The van der Waals surface area contributed by atoms with Crippen LogP contribution in [0, 0.1) is 5.92 Å². The number of nitrogens with one attached hydrogen (secondary N) is 2. The molecule has 1 aliphatic carbocycles. The molecule has 1 amide bonds. The third kappa shape index (κ3) is 3.22. The van der Waals surface area contributed by atoms with Crippen LogP contribution in [-0.2, 0) is 4.79 Å². The Balaban J connectivity index is 1.90. The first-order chi connectivity index (χ1) is 8.15. The second-order valence-corrected chi connectivity index (χ2v) is 4.99. The van der Waals surface area contributed by atoms with Crippen molar-refractivity contribution < 1.29 is 4.79 Å². The van der Waals surface area contributed by atoms with Crippen molar-refractivity contribution in [3.05, 3.63) is 24.3 Å². The molecule has 2 N–H and O–H groups in total. The van der Waals surface area contributed by atoms with Crippen molar-refractivity contribution >= 4 is 17.3 Å². The third-order valence-electron chi connectivity index (χ3n) is 3.15. The molecule has 0 bridgehead atoms. The number of benzene rings is 1. The molecular formula is C14H20N2O. The third-order valence-corrected chi connectivity index (χ3v) is 3.15. The largest absolute Gasteiger partial charge is 0.382 e. The Hall–Kier alpha value is -1.51. The van der Waals surface area contributed by atoms with E-state index in [0.29, 0.717) is 6.04 Å². The van der Waals surface area contributed by atoms with Gasteiger partial charge in [0.15, 0.2) is 0 Å². The van der Waals surface area contributed by atoms with E-state index in [4.69, 9.17) is 0 Å². The number of amides is 1. The van der Waals surface area contributed by atoms with Gasteiger partial charge >= 0.3 is 0 Å². The fourth-order valence-corrected chi connectivity index (χ4v) is 1.72. The van der Waals surface area contributed by atoms with Gasteiger partial charge in [-0.15, -0.1) is 0 Å². The lowest BCUT2D eigenvalue weighted by molar-refractivity contribution is -0.118. The van der Waals surface area contributed by atoms with Crippen LogP contribution in [0.3, 0.4) is 0 Å². The summed E-state index contributed by atoms with van der Waals surface area (Å²) in [6, 6.07) is 8.58. The van der Waals surface area contributed by atoms with Crippen molar-refractivity contribution in [2.24, 2.45) is 5.92 Å². The zero-order chi connectivity index (χ0) is 12.3. The molecule has 1 aromatic rings. The molecule has 3 heteroatoms. The summed E-state index contributed by atoms with van der Waals surface area (Å²) in [5, 5.41) is 6.35. The standard InChI is InChI=1S/C14H20N2O/c1-10(2)14(17)16-13-8-6-12(7-9-13)15-11-4-3-5-11/h6-11,15H,3-5H2,1-2H3,(H,16,17). The van der Waals surface area contributed by atoms with E-state index in [-0.39, 0.29) is 11.8 Å². The van der Waals surface area contributed by atoms with Gasteiger partial charge in [0, 0.05) is 23.3 Å². The first-order valence-electron chi connectivity index (χ1n) is 6.32. The molecule has 1 aliphatic rings. The van der Waals surface area contributed by atoms with Crippen LogP contribution >= 0.6 is 0 Å². The lowest BCUT2D eigenvalue weighted by Crippen LogP contribution is -2.26. The average Bonchev–Trinajstić information content (AvgIpc) is 2.25. The first kappa shape index (κ1) is 12.0. The van der Waals surface area contributed by atoms with Gasteiger partial charge in [-0.05, 0) is 43.5 Å². The fourth-order valence-electron chi connectivity index (χ4n) is 1.72. The van der Waals surface area contributed by atoms with E-state index in [9.17, 15) is 4.79 Å². The summed E-state index contributed by atoms with van der Waals surface area (Å²) >= 11 is 0. The van der Waals surface area contributed by atoms with Gasteiger partial charge in [0.1, 0.15) is 0 Å². The van der Waals surface area contributed by atoms with Crippen LogP contribution < -0.4 is 10.6 Å². The van der Waals surface area contributed by atoms with Crippen molar-refractivity contribution in [1.29, 1.82) is 0 Å². The van der Waals surface area contributed by atoms with E-state index in [1.54, 1.807) is 0 Å². The Kier molecular flexibility index (Phi) is 3.67. The van der Waals surface area contributed by atoms with E-state index in [1.165, 1.54) is 19.3 Å². The molecular weight excluding hydrogens is 212 g/mol. The highest BCUT2D eigenvalue weighted by Gasteiger charge is 2.16. The second-order valence-electron chi connectivity index (χ2n) is 4.99. The molecule has 0 heterocycles. The van der Waals surface area contributed by atoms with Crippen LogP contribution in [0.25, 0.3) is 0 Å². The van der Waals surface area contributed by atoms with Crippen LogP contribution in [-0.4, -0.2) is 11.9 Å². The molecule has 1 saturated carbocycles. The van der Waals surface area contributed by atoms with Crippen LogP contribution in [0.15, 0.2) is 24.3 Å². The predicted octanol–water partition coefficient (Wildman–Crippen LogP) is 3.25. The van der Waals surface area contributed by atoms with Crippen LogP contribution in [0.4, 0.5) is 11.4 Å². The van der Waals surface area contributed by atoms with Gasteiger partial charge < -0.3 is 10.6 Å². The van der Waals surface area contributed by atoms with Crippen LogP contribution in [0.5, 0.6) is 0 Å². The molecule has 0 aliphatic heterocycles. The molecule has 0 spiro atoms. The van der Waals surface area contributed by atoms with Gasteiger partial charge in [0.25, 0.3) is 0 Å². The van der Waals surface area contributed by atoms with E-state index in [2.05, 4.69) is 10.6 Å². The number of hydrogen-bond acceptors (Lipinski definition) is 2. The molecule has 0 atom stereocenters. The van der Waals surface area contributed by atoms with Gasteiger partial charge in [-0.2, -0.15) is 0 Å². The van der Waals surface area contributed by atoms with E-state index in [1.807, 2.05) is 38.1 Å².